The Balaban J connectivity index is 1.11. The number of hydrogen-bond donors (Lipinski definition) is 3. The SMILES string of the molecule is Fc1c(F)c(/C(=C2\CCCN2)C2CCCN2)c(F)c(F)c1NCc1cn(-c2c(F)c(F)c(C3=C4C=CC=[N+]4[B-](F)(F)n4cccc43)c(F)c2F)nn1. The van der Waals surface area contributed by atoms with Gasteiger partial charge < -0.3 is 33.5 Å². The molecule has 1 unspecified atom stereocenters. The highest BCUT2D eigenvalue weighted by molar-refractivity contribution is 6.57. The van der Waals surface area contributed by atoms with Crippen molar-refractivity contribution in [2.45, 2.75) is 38.3 Å². The first kappa shape index (κ1) is 33.8. The number of aromatic nitrogens is 4. The molecule has 270 valence electrons. The van der Waals surface area contributed by atoms with Gasteiger partial charge >= 0.3 is 6.97 Å². The number of anilines is 1. The lowest BCUT2D eigenvalue weighted by Crippen LogP contribution is -2.49. The monoisotopic (exact) mass is 734 g/mol. The minimum Gasteiger partial charge on any atom is -0.396 e. The second-order valence-electron chi connectivity index (χ2n) is 12.6. The maximum absolute atomic E-state index is 15.8. The maximum Gasteiger partial charge on any atom is 0.737 e. The zero-order valence-electron chi connectivity index (χ0n) is 26.7. The largest absolute Gasteiger partial charge is 0.737 e. The van der Waals surface area contributed by atoms with Gasteiger partial charge in [-0.25, -0.2) is 39.8 Å². The quantitative estimate of drug-likeness (QED) is 0.118. The number of benzene rings is 2. The molecular weight excluding hydrogens is 709 g/mol. The number of allylic oxidation sites excluding steroid dienone is 3. The maximum atomic E-state index is 15.8. The molecular formula is C33H25BF10N8. The molecule has 2 aromatic carbocycles. The molecule has 8 nitrogen and oxygen atoms in total. The zero-order valence-corrected chi connectivity index (χ0v) is 26.7. The van der Waals surface area contributed by atoms with Crippen LogP contribution in [0.5, 0.6) is 0 Å². The summed E-state index contributed by atoms with van der Waals surface area (Å²) in [5.74, 6) is -14.5. The molecule has 19 heteroatoms. The van der Waals surface area contributed by atoms with Crippen LogP contribution in [-0.2, 0) is 6.54 Å². The Kier molecular flexibility index (Phi) is 8.07. The Morgan fingerprint density at radius 1 is 0.923 bits per heavy atom. The van der Waals surface area contributed by atoms with E-state index in [4.69, 9.17) is 0 Å². The van der Waals surface area contributed by atoms with Gasteiger partial charge in [0.15, 0.2) is 52.2 Å². The van der Waals surface area contributed by atoms with Gasteiger partial charge in [0.1, 0.15) is 23.3 Å². The fourth-order valence-corrected chi connectivity index (χ4v) is 7.30. The van der Waals surface area contributed by atoms with Gasteiger partial charge in [0.05, 0.1) is 29.4 Å². The summed E-state index contributed by atoms with van der Waals surface area (Å²) >= 11 is 0. The van der Waals surface area contributed by atoms with Gasteiger partial charge in [-0.2, -0.15) is 0 Å². The lowest BCUT2D eigenvalue weighted by molar-refractivity contribution is -0.356. The van der Waals surface area contributed by atoms with Crippen molar-refractivity contribution < 1.29 is 48.2 Å². The van der Waals surface area contributed by atoms with Crippen molar-refractivity contribution in [1.29, 1.82) is 0 Å². The highest BCUT2D eigenvalue weighted by Gasteiger charge is 2.52. The predicted molar refractivity (Wildman–Crippen MR) is 169 cm³/mol. The zero-order chi connectivity index (χ0) is 36.6. The minimum atomic E-state index is -4.48. The van der Waals surface area contributed by atoms with Crippen LogP contribution in [-0.4, -0.2) is 56.3 Å². The standard InChI is InChI=1S/C33H25BF10N8/c35-24-22(20(16-5-1-9-45-16)17-6-2-10-46-17)25(36)29(40)32(28(24)39)47-13-15-14-52(49-48-15)33-30(41)26(37)23(27(38)31(33)42)21-18-7-3-11-50(18)34(43,44)51-12-4-8-19(21)51/h3-4,7-8,11-12,14,16,45-47H,1-2,5-6,9-10,13H2/b20-17+. The second-order valence-corrected chi connectivity index (χ2v) is 12.6. The summed E-state index contributed by atoms with van der Waals surface area (Å²) in [6, 6.07) is 1.77. The van der Waals surface area contributed by atoms with Crippen molar-refractivity contribution in [3.8, 4) is 5.69 Å². The third-order valence-electron chi connectivity index (χ3n) is 9.65. The molecule has 2 aromatic heterocycles. The molecule has 52 heavy (non-hydrogen) atoms. The van der Waals surface area contributed by atoms with E-state index in [9.17, 15) is 0 Å². The summed E-state index contributed by atoms with van der Waals surface area (Å²) in [7, 11) is 0. The van der Waals surface area contributed by atoms with Gasteiger partial charge in [0.2, 0.25) is 0 Å². The molecule has 6 heterocycles. The van der Waals surface area contributed by atoms with E-state index < -0.39 is 106 Å². The summed E-state index contributed by atoms with van der Waals surface area (Å²) in [6.45, 7) is -4.11. The molecule has 3 N–H and O–H groups in total. The molecule has 0 spiro atoms. The Hall–Kier alpha value is -5.33. The first-order valence-corrected chi connectivity index (χ1v) is 16.2. The summed E-state index contributed by atoms with van der Waals surface area (Å²) in [4.78, 5) is 0. The van der Waals surface area contributed by atoms with E-state index in [1.165, 1.54) is 12.1 Å². The highest BCUT2D eigenvalue weighted by Crippen LogP contribution is 2.42. The Morgan fingerprint density at radius 2 is 1.65 bits per heavy atom. The molecule has 0 saturated carbocycles. The first-order valence-electron chi connectivity index (χ1n) is 16.2. The van der Waals surface area contributed by atoms with Crippen LogP contribution in [0.4, 0.5) is 49.4 Å². The topological polar surface area (TPSA) is 74.7 Å². The number of hydrogen-bond acceptors (Lipinski definition) is 5. The number of nitrogens with one attached hydrogen (secondary N) is 3. The third-order valence-corrected chi connectivity index (χ3v) is 9.65. The Labute approximate surface area is 287 Å². The van der Waals surface area contributed by atoms with E-state index in [0.29, 0.717) is 58.1 Å². The van der Waals surface area contributed by atoms with Crippen LogP contribution >= 0.6 is 0 Å². The first-order chi connectivity index (χ1) is 24.9. The summed E-state index contributed by atoms with van der Waals surface area (Å²) in [5, 5.41) is 15.4. The Bertz CT molecular complexity index is 2230. The minimum absolute atomic E-state index is 0.107. The summed E-state index contributed by atoms with van der Waals surface area (Å²) in [6.07, 6.45) is 7.29. The fraction of sp³-hybridized carbons (Fsp3) is 0.242. The van der Waals surface area contributed by atoms with Gasteiger partial charge in [-0.3, -0.25) is 0 Å². The summed E-state index contributed by atoms with van der Waals surface area (Å²) < 4.78 is 156. The molecule has 8 rings (SSSR count). The van der Waals surface area contributed by atoms with E-state index >= 15 is 43.8 Å². The number of rotatable bonds is 7. The fourth-order valence-electron chi connectivity index (χ4n) is 7.30. The molecule has 0 aliphatic carbocycles. The molecule has 2 fully saturated rings. The Morgan fingerprint density at radius 3 is 2.31 bits per heavy atom. The molecule has 0 radical (unpaired) electrons. The van der Waals surface area contributed by atoms with Crippen LogP contribution in [0.25, 0.3) is 16.8 Å². The van der Waals surface area contributed by atoms with Crippen molar-refractivity contribution in [2.24, 2.45) is 0 Å². The number of halogens is 10. The summed E-state index contributed by atoms with van der Waals surface area (Å²) in [5.41, 5.74) is -5.72. The van der Waals surface area contributed by atoms with Crippen LogP contribution in [0.15, 0.2) is 48.1 Å². The highest BCUT2D eigenvalue weighted by atomic mass is 19.2. The normalized spacial score (nSPS) is 20.0. The van der Waals surface area contributed by atoms with Crippen LogP contribution < -0.4 is 16.0 Å². The molecule has 4 aliphatic heterocycles. The van der Waals surface area contributed by atoms with Crippen molar-refractivity contribution in [3.05, 3.63) is 117 Å². The van der Waals surface area contributed by atoms with Gasteiger partial charge in [-0.05, 0) is 50.6 Å². The van der Waals surface area contributed by atoms with Gasteiger partial charge in [-0.1, -0.05) is 5.21 Å². The van der Waals surface area contributed by atoms with E-state index in [1.807, 2.05) is 0 Å². The predicted octanol–water partition coefficient (Wildman–Crippen LogP) is 6.29. The molecule has 2 saturated heterocycles. The molecule has 1 atom stereocenters. The van der Waals surface area contributed by atoms with Gasteiger partial charge in [-0.15, -0.1) is 5.10 Å². The van der Waals surface area contributed by atoms with Crippen LogP contribution in [0.2, 0.25) is 0 Å². The van der Waals surface area contributed by atoms with Crippen LogP contribution in [0.3, 0.4) is 0 Å². The number of nitrogens with zero attached hydrogens (tertiary/aromatic N) is 5. The van der Waals surface area contributed by atoms with Gasteiger partial charge in [0, 0.05) is 41.7 Å². The smallest absolute Gasteiger partial charge is 0.396 e. The average Bonchev–Trinajstić information content (AvgIpc) is 3.97. The van der Waals surface area contributed by atoms with Crippen LogP contribution in [0, 0.1) is 46.5 Å². The molecule has 4 aromatic rings. The van der Waals surface area contributed by atoms with Crippen LogP contribution in [0.1, 0.15) is 48.2 Å². The third kappa shape index (κ3) is 4.99. The van der Waals surface area contributed by atoms with Crippen molar-refractivity contribution >= 4 is 30.0 Å². The lowest BCUT2D eigenvalue weighted by Gasteiger charge is -2.31. The van der Waals surface area contributed by atoms with Crippen molar-refractivity contribution in [3.63, 3.8) is 0 Å². The number of fused-ring (bicyclic) bond motifs is 2. The lowest BCUT2D eigenvalue weighted by atomic mass is 9.86. The molecule has 0 amide bonds. The average molecular weight is 734 g/mol. The van der Waals surface area contributed by atoms with E-state index in [2.05, 4.69) is 26.3 Å². The van der Waals surface area contributed by atoms with E-state index in [0.717, 1.165) is 30.8 Å². The molecule has 0 bridgehead atoms. The molecule has 4 aliphatic rings. The van der Waals surface area contributed by atoms with E-state index in [-0.39, 0.29) is 11.3 Å². The van der Waals surface area contributed by atoms with Crippen molar-refractivity contribution in [2.75, 3.05) is 18.4 Å². The van der Waals surface area contributed by atoms with E-state index in [1.54, 1.807) is 0 Å². The van der Waals surface area contributed by atoms with Gasteiger partial charge in [0.25, 0.3) is 0 Å². The van der Waals surface area contributed by atoms with Crippen molar-refractivity contribution in [1.82, 2.24) is 30.1 Å². The second kappa shape index (κ2) is 12.4.